The van der Waals surface area contributed by atoms with Crippen LogP contribution in [0.5, 0.6) is 0 Å². The van der Waals surface area contributed by atoms with Gasteiger partial charge in [0, 0.05) is 25.7 Å². The van der Waals surface area contributed by atoms with Crippen LogP contribution in [-0.4, -0.2) is 27.3 Å². The number of hydrogen-bond donors (Lipinski definition) is 1. The molecule has 0 spiro atoms. The van der Waals surface area contributed by atoms with Crippen molar-refractivity contribution in [3.8, 4) is 0 Å². The Hall–Kier alpha value is -1.82. The fourth-order valence-corrected chi connectivity index (χ4v) is 3.10. The van der Waals surface area contributed by atoms with Crippen molar-refractivity contribution < 1.29 is 4.79 Å². The minimum absolute atomic E-state index is 0.0504. The van der Waals surface area contributed by atoms with Crippen molar-refractivity contribution in [1.29, 1.82) is 0 Å². The first-order valence-corrected chi connectivity index (χ1v) is 8.79. The number of nitrogens with zero attached hydrogens (tertiary/aromatic N) is 3. The highest BCUT2D eigenvalue weighted by molar-refractivity contribution is 7.07. The van der Waals surface area contributed by atoms with Gasteiger partial charge >= 0.3 is 6.03 Å². The van der Waals surface area contributed by atoms with E-state index >= 15 is 0 Å². The SMILES string of the molecule is CCCN(Cc1ccsc1)C(=O)Nc1ccnn1CC1CC1. The Morgan fingerprint density at radius 3 is 3.05 bits per heavy atom. The molecule has 2 heterocycles. The number of amides is 2. The van der Waals surface area contributed by atoms with Gasteiger partial charge in [0.15, 0.2) is 0 Å². The zero-order valence-electron chi connectivity index (χ0n) is 12.9. The van der Waals surface area contributed by atoms with E-state index in [1.165, 1.54) is 18.4 Å². The Morgan fingerprint density at radius 2 is 2.36 bits per heavy atom. The minimum Gasteiger partial charge on any atom is -0.320 e. The molecule has 0 saturated heterocycles. The highest BCUT2D eigenvalue weighted by atomic mass is 32.1. The molecular weight excluding hydrogens is 296 g/mol. The number of urea groups is 1. The number of carbonyl (C=O) groups excluding carboxylic acids is 1. The molecule has 0 bridgehead atoms. The van der Waals surface area contributed by atoms with Crippen LogP contribution in [0.25, 0.3) is 0 Å². The van der Waals surface area contributed by atoms with Crippen molar-refractivity contribution in [2.24, 2.45) is 5.92 Å². The number of aromatic nitrogens is 2. The van der Waals surface area contributed by atoms with E-state index in [1.54, 1.807) is 17.5 Å². The summed E-state index contributed by atoms with van der Waals surface area (Å²) in [4.78, 5) is 14.4. The lowest BCUT2D eigenvalue weighted by molar-refractivity contribution is 0.209. The smallest absolute Gasteiger partial charge is 0.320 e. The maximum atomic E-state index is 12.6. The molecule has 1 N–H and O–H groups in total. The molecule has 2 aromatic rings. The van der Waals surface area contributed by atoms with Crippen LogP contribution in [0, 0.1) is 5.92 Å². The lowest BCUT2D eigenvalue weighted by atomic mass is 10.3. The van der Waals surface area contributed by atoms with Crippen LogP contribution in [-0.2, 0) is 13.1 Å². The summed E-state index contributed by atoms with van der Waals surface area (Å²) in [6, 6.07) is 3.89. The molecule has 3 rings (SSSR count). The van der Waals surface area contributed by atoms with Crippen molar-refractivity contribution >= 4 is 23.2 Å². The van der Waals surface area contributed by atoms with Crippen molar-refractivity contribution in [3.05, 3.63) is 34.7 Å². The molecule has 2 amide bonds. The van der Waals surface area contributed by atoms with Crippen molar-refractivity contribution in [3.63, 3.8) is 0 Å². The Kier molecular flexibility index (Phi) is 4.77. The number of thiophene rings is 1. The first-order valence-electron chi connectivity index (χ1n) is 7.85. The summed E-state index contributed by atoms with van der Waals surface area (Å²) in [5, 5.41) is 11.5. The summed E-state index contributed by atoms with van der Waals surface area (Å²) in [5.74, 6) is 1.52. The van der Waals surface area contributed by atoms with Crippen molar-refractivity contribution in [2.75, 3.05) is 11.9 Å². The third-order valence-corrected chi connectivity index (χ3v) is 4.55. The van der Waals surface area contributed by atoms with E-state index < -0.39 is 0 Å². The monoisotopic (exact) mass is 318 g/mol. The van der Waals surface area contributed by atoms with Crippen LogP contribution in [0.3, 0.4) is 0 Å². The van der Waals surface area contributed by atoms with Gasteiger partial charge in [-0.3, -0.25) is 5.32 Å². The minimum atomic E-state index is -0.0504. The molecule has 1 aliphatic carbocycles. The zero-order valence-corrected chi connectivity index (χ0v) is 13.7. The molecular formula is C16H22N4OS. The fraction of sp³-hybridized carbons (Fsp3) is 0.500. The van der Waals surface area contributed by atoms with Gasteiger partial charge in [-0.25, -0.2) is 9.48 Å². The Labute approximate surface area is 134 Å². The van der Waals surface area contributed by atoms with Gasteiger partial charge in [-0.2, -0.15) is 16.4 Å². The van der Waals surface area contributed by atoms with E-state index in [2.05, 4.69) is 28.8 Å². The van der Waals surface area contributed by atoms with E-state index in [1.807, 2.05) is 21.0 Å². The third-order valence-electron chi connectivity index (χ3n) is 3.81. The predicted octanol–water partition coefficient (Wildman–Crippen LogP) is 3.80. The second-order valence-electron chi connectivity index (χ2n) is 5.83. The molecule has 22 heavy (non-hydrogen) atoms. The van der Waals surface area contributed by atoms with E-state index in [4.69, 9.17) is 0 Å². The summed E-state index contributed by atoms with van der Waals surface area (Å²) in [6.45, 7) is 4.39. The maximum Gasteiger partial charge on any atom is 0.323 e. The van der Waals surface area contributed by atoms with E-state index in [9.17, 15) is 4.79 Å². The molecule has 5 nitrogen and oxygen atoms in total. The fourth-order valence-electron chi connectivity index (χ4n) is 2.44. The van der Waals surface area contributed by atoms with E-state index in [0.29, 0.717) is 6.54 Å². The first kappa shape index (κ1) is 15.1. The zero-order chi connectivity index (χ0) is 15.4. The predicted molar refractivity (Wildman–Crippen MR) is 89.0 cm³/mol. The number of carbonyl (C=O) groups is 1. The molecule has 0 unspecified atom stereocenters. The highest BCUT2D eigenvalue weighted by Crippen LogP contribution is 2.31. The quantitative estimate of drug-likeness (QED) is 0.844. The normalized spacial score (nSPS) is 14.0. The van der Waals surface area contributed by atoms with Gasteiger partial charge in [0.2, 0.25) is 0 Å². The topological polar surface area (TPSA) is 50.2 Å². The average molecular weight is 318 g/mol. The van der Waals surface area contributed by atoms with Crippen LogP contribution < -0.4 is 5.32 Å². The molecule has 1 fully saturated rings. The van der Waals surface area contributed by atoms with Crippen LogP contribution in [0.2, 0.25) is 0 Å². The largest absolute Gasteiger partial charge is 0.323 e. The van der Waals surface area contributed by atoms with Gasteiger partial charge in [0.25, 0.3) is 0 Å². The molecule has 118 valence electrons. The number of hydrogen-bond acceptors (Lipinski definition) is 3. The van der Waals surface area contributed by atoms with Gasteiger partial charge in [-0.15, -0.1) is 0 Å². The van der Waals surface area contributed by atoms with Gasteiger partial charge in [0.1, 0.15) is 5.82 Å². The maximum absolute atomic E-state index is 12.6. The molecule has 0 aliphatic heterocycles. The average Bonchev–Trinajstić information content (AvgIpc) is 2.97. The summed E-state index contributed by atoms with van der Waals surface area (Å²) < 4.78 is 1.91. The lowest BCUT2D eigenvalue weighted by Crippen LogP contribution is -2.35. The third kappa shape index (κ3) is 3.88. The standard InChI is InChI=1S/C16H22N4OS/c1-2-8-19(10-14-6-9-22-12-14)16(21)18-15-5-7-17-20(15)11-13-3-4-13/h5-7,9,12-13H,2-4,8,10-11H2,1H3,(H,18,21). The van der Waals surface area contributed by atoms with Crippen molar-refractivity contribution in [1.82, 2.24) is 14.7 Å². The van der Waals surface area contributed by atoms with Gasteiger partial charge in [-0.05, 0) is 47.6 Å². The summed E-state index contributed by atoms with van der Waals surface area (Å²) in [7, 11) is 0. The summed E-state index contributed by atoms with van der Waals surface area (Å²) in [6.07, 6.45) is 5.24. The second kappa shape index (κ2) is 6.96. The number of nitrogens with one attached hydrogen (secondary N) is 1. The van der Waals surface area contributed by atoms with Crippen LogP contribution in [0.4, 0.5) is 10.6 Å². The highest BCUT2D eigenvalue weighted by Gasteiger charge is 2.23. The van der Waals surface area contributed by atoms with Crippen LogP contribution in [0.1, 0.15) is 31.7 Å². The summed E-state index contributed by atoms with van der Waals surface area (Å²) in [5.41, 5.74) is 1.18. The van der Waals surface area contributed by atoms with Gasteiger partial charge < -0.3 is 4.90 Å². The Morgan fingerprint density at radius 1 is 1.50 bits per heavy atom. The summed E-state index contributed by atoms with van der Waals surface area (Å²) >= 11 is 1.66. The second-order valence-corrected chi connectivity index (χ2v) is 6.61. The number of anilines is 1. The van der Waals surface area contributed by atoms with Gasteiger partial charge in [-0.1, -0.05) is 6.92 Å². The van der Waals surface area contributed by atoms with E-state index in [0.717, 1.165) is 31.2 Å². The molecule has 6 heteroatoms. The molecule has 0 atom stereocenters. The van der Waals surface area contributed by atoms with Gasteiger partial charge in [0.05, 0.1) is 6.20 Å². The number of rotatable bonds is 7. The Bertz CT molecular complexity index is 603. The molecule has 0 radical (unpaired) electrons. The first-order chi connectivity index (χ1) is 10.8. The van der Waals surface area contributed by atoms with Crippen molar-refractivity contribution in [2.45, 2.75) is 39.3 Å². The molecule has 1 saturated carbocycles. The van der Waals surface area contributed by atoms with Crippen LogP contribution in [0.15, 0.2) is 29.1 Å². The van der Waals surface area contributed by atoms with E-state index in [-0.39, 0.29) is 6.03 Å². The van der Waals surface area contributed by atoms with Crippen LogP contribution >= 0.6 is 11.3 Å². The molecule has 0 aromatic carbocycles. The Balaban J connectivity index is 1.63. The molecule has 1 aliphatic rings. The lowest BCUT2D eigenvalue weighted by Gasteiger charge is -2.22. The molecule has 2 aromatic heterocycles.